The second-order valence-electron chi connectivity index (χ2n) is 7.64. The molecule has 2 aliphatic rings. The molecule has 0 aliphatic carbocycles. The van der Waals surface area contributed by atoms with Crippen LogP contribution in [0.2, 0.25) is 5.02 Å². The Morgan fingerprint density at radius 3 is 2.33 bits per heavy atom. The van der Waals surface area contributed by atoms with Gasteiger partial charge in [-0.05, 0) is 29.5 Å². The van der Waals surface area contributed by atoms with E-state index in [1.54, 1.807) is 23.4 Å². The van der Waals surface area contributed by atoms with Gasteiger partial charge in [0.2, 0.25) is 0 Å². The quantitative estimate of drug-likeness (QED) is 0.448. The standard InChI is InChI=1S/C21H23ClN4O4S3/c1-31-21(24-33(29,30)25-11-13-32(27,28)14-12-25)26-15-19(16-5-3-2-4-6-16)20(23-26)17-7-9-18(22)10-8-17/h2-10,19H,11-15H2,1H3/b24-21-. The summed E-state index contributed by atoms with van der Waals surface area (Å²) in [6, 6.07) is 17.2. The molecule has 2 aromatic rings. The summed E-state index contributed by atoms with van der Waals surface area (Å²) in [4.78, 5) is 0. The maximum atomic E-state index is 12.9. The van der Waals surface area contributed by atoms with Crippen molar-refractivity contribution in [1.82, 2.24) is 9.31 Å². The van der Waals surface area contributed by atoms with Gasteiger partial charge >= 0.3 is 10.2 Å². The third kappa shape index (κ3) is 5.60. The van der Waals surface area contributed by atoms with E-state index in [0.717, 1.165) is 21.1 Å². The molecule has 176 valence electrons. The van der Waals surface area contributed by atoms with Crippen LogP contribution in [0, 0.1) is 0 Å². The molecule has 8 nitrogen and oxygen atoms in total. The normalized spacial score (nSPS) is 21.8. The maximum Gasteiger partial charge on any atom is 0.324 e. The predicted molar refractivity (Wildman–Crippen MR) is 134 cm³/mol. The predicted octanol–water partition coefficient (Wildman–Crippen LogP) is 2.84. The van der Waals surface area contributed by atoms with Crippen molar-refractivity contribution in [2.24, 2.45) is 9.50 Å². The number of hydrogen-bond acceptors (Lipinski definition) is 6. The first-order valence-corrected chi connectivity index (χ1v) is 15.0. The van der Waals surface area contributed by atoms with Gasteiger partial charge in [-0.15, -0.1) is 4.40 Å². The molecule has 4 rings (SSSR count). The van der Waals surface area contributed by atoms with E-state index < -0.39 is 20.0 Å². The first-order chi connectivity index (χ1) is 15.7. The molecule has 2 aromatic carbocycles. The minimum atomic E-state index is -4.04. The molecule has 1 fully saturated rings. The summed E-state index contributed by atoms with van der Waals surface area (Å²) in [6.45, 7) is 0.231. The number of amidine groups is 1. The van der Waals surface area contributed by atoms with E-state index >= 15 is 0 Å². The van der Waals surface area contributed by atoms with Crippen molar-refractivity contribution in [3.05, 3.63) is 70.7 Å². The topological polar surface area (TPSA) is 99.5 Å². The lowest BCUT2D eigenvalue weighted by Crippen LogP contribution is -2.43. The van der Waals surface area contributed by atoms with Crippen LogP contribution in [0.5, 0.6) is 0 Å². The molecule has 1 unspecified atom stereocenters. The Labute approximate surface area is 203 Å². The smallest absolute Gasteiger partial charge is 0.240 e. The first-order valence-electron chi connectivity index (χ1n) is 10.2. The Morgan fingerprint density at radius 2 is 1.73 bits per heavy atom. The summed E-state index contributed by atoms with van der Waals surface area (Å²) in [5.41, 5.74) is 2.74. The molecular formula is C21H23ClN4O4S3. The molecule has 0 aromatic heterocycles. The van der Waals surface area contributed by atoms with E-state index in [4.69, 9.17) is 16.7 Å². The van der Waals surface area contributed by atoms with Crippen LogP contribution >= 0.6 is 23.4 Å². The van der Waals surface area contributed by atoms with Crippen LogP contribution in [0.15, 0.2) is 64.1 Å². The van der Waals surface area contributed by atoms with Gasteiger partial charge in [0.1, 0.15) is 0 Å². The number of nitrogens with zero attached hydrogens (tertiary/aromatic N) is 4. The van der Waals surface area contributed by atoms with Gasteiger partial charge in [0, 0.05) is 24.0 Å². The zero-order valence-electron chi connectivity index (χ0n) is 17.8. The minimum Gasteiger partial charge on any atom is -0.240 e. The van der Waals surface area contributed by atoms with Crippen LogP contribution in [0.4, 0.5) is 0 Å². The molecular weight excluding hydrogens is 504 g/mol. The number of thioether (sulfide) groups is 1. The van der Waals surface area contributed by atoms with Crippen molar-refractivity contribution in [1.29, 1.82) is 0 Å². The molecule has 0 N–H and O–H groups in total. The molecule has 1 atom stereocenters. The molecule has 0 radical (unpaired) electrons. The lowest BCUT2D eigenvalue weighted by Gasteiger charge is -2.24. The molecule has 0 saturated carbocycles. The van der Waals surface area contributed by atoms with Crippen LogP contribution in [0.1, 0.15) is 17.0 Å². The lowest BCUT2D eigenvalue weighted by molar-refractivity contribution is 0.430. The number of sulfone groups is 1. The average Bonchev–Trinajstić information content (AvgIpc) is 3.23. The molecule has 2 aliphatic heterocycles. The van der Waals surface area contributed by atoms with Gasteiger partial charge in [-0.3, -0.25) is 0 Å². The van der Waals surface area contributed by atoms with Crippen molar-refractivity contribution in [3.8, 4) is 0 Å². The summed E-state index contributed by atoms with van der Waals surface area (Å²) in [5, 5.41) is 7.19. The van der Waals surface area contributed by atoms with Gasteiger partial charge in [0.25, 0.3) is 0 Å². The lowest BCUT2D eigenvalue weighted by atomic mass is 9.91. The fourth-order valence-corrected chi connectivity index (χ4v) is 7.24. The van der Waals surface area contributed by atoms with Gasteiger partial charge in [-0.2, -0.15) is 17.8 Å². The Bertz CT molecular complexity index is 1270. The van der Waals surface area contributed by atoms with Crippen molar-refractivity contribution in [3.63, 3.8) is 0 Å². The number of rotatable bonds is 4. The van der Waals surface area contributed by atoms with E-state index in [1.807, 2.05) is 42.5 Å². The van der Waals surface area contributed by atoms with Crippen molar-refractivity contribution >= 4 is 54.3 Å². The highest BCUT2D eigenvalue weighted by Crippen LogP contribution is 2.31. The Kier molecular flexibility index (Phi) is 7.15. The molecule has 12 heteroatoms. The zero-order chi connectivity index (χ0) is 23.6. The molecule has 2 heterocycles. The number of hydrazone groups is 1. The zero-order valence-corrected chi connectivity index (χ0v) is 21.0. The monoisotopic (exact) mass is 526 g/mol. The minimum absolute atomic E-state index is 0.0902. The average molecular weight is 527 g/mol. The van der Waals surface area contributed by atoms with Gasteiger partial charge < -0.3 is 0 Å². The highest BCUT2D eigenvalue weighted by atomic mass is 35.5. The van der Waals surface area contributed by atoms with Crippen LogP contribution in [0.25, 0.3) is 0 Å². The van der Waals surface area contributed by atoms with E-state index in [9.17, 15) is 16.8 Å². The maximum absolute atomic E-state index is 12.9. The Morgan fingerprint density at radius 1 is 1.09 bits per heavy atom. The summed E-state index contributed by atoms with van der Waals surface area (Å²) in [6.07, 6.45) is 1.74. The van der Waals surface area contributed by atoms with Gasteiger partial charge in [0.05, 0.1) is 23.8 Å². The third-order valence-electron chi connectivity index (χ3n) is 5.48. The summed E-state index contributed by atoms with van der Waals surface area (Å²) in [7, 11) is -7.25. The molecule has 0 amide bonds. The number of hydrogen-bond donors (Lipinski definition) is 0. The second kappa shape index (κ2) is 9.75. The van der Waals surface area contributed by atoms with E-state index in [-0.39, 0.29) is 35.7 Å². The molecule has 0 spiro atoms. The van der Waals surface area contributed by atoms with Crippen LogP contribution < -0.4 is 0 Å². The highest BCUT2D eigenvalue weighted by molar-refractivity contribution is 8.13. The third-order valence-corrected chi connectivity index (χ3v) is 9.55. The van der Waals surface area contributed by atoms with Crippen molar-refractivity contribution in [2.45, 2.75) is 5.92 Å². The number of halogens is 1. The van der Waals surface area contributed by atoms with Crippen LogP contribution in [0.3, 0.4) is 0 Å². The van der Waals surface area contributed by atoms with Gasteiger partial charge in [-0.1, -0.05) is 65.8 Å². The molecule has 33 heavy (non-hydrogen) atoms. The van der Waals surface area contributed by atoms with E-state index in [1.165, 1.54) is 11.8 Å². The van der Waals surface area contributed by atoms with Gasteiger partial charge in [0.15, 0.2) is 15.0 Å². The summed E-state index contributed by atoms with van der Waals surface area (Å²) < 4.78 is 54.3. The van der Waals surface area contributed by atoms with Gasteiger partial charge in [-0.25, -0.2) is 13.4 Å². The van der Waals surface area contributed by atoms with Crippen LogP contribution in [-0.2, 0) is 20.0 Å². The Balaban J connectivity index is 1.67. The summed E-state index contributed by atoms with van der Waals surface area (Å²) >= 11 is 7.23. The largest absolute Gasteiger partial charge is 0.324 e. The van der Waals surface area contributed by atoms with Crippen molar-refractivity contribution < 1.29 is 16.8 Å². The second-order valence-corrected chi connectivity index (χ2v) is 12.8. The summed E-state index contributed by atoms with van der Waals surface area (Å²) in [5.74, 6) is -0.489. The van der Waals surface area contributed by atoms with Crippen LogP contribution in [-0.4, -0.2) is 74.4 Å². The van der Waals surface area contributed by atoms with Crippen molar-refractivity contribution in [2.75, 3.05) is 37.4 Å². The fraction of sp³-hybridized carbons (Fsp3) is 0.333. The molecule has 1 saturated heterocycles. The first kappa shape index (κ1) is 24.2. The number of benzene rings is 2. The SMILES string of the molecule is CS/C(=N\S(=O)(=O)N1CCS(=O)(=O)CC1)N1CC(c2ccccc2)C(c2ccc(Cl)cc2)=N1. The fourth-order valence-electron chi connectivity index (χ4n) is 3.72. The molecule has 0 bridgehead atoms. The Hall–Kier alpha value is -1.92. The highest BCUT2D eigenvalue weighted by Gasteiger charge is 2.34. The van der Waals surface area contributed by atoms with E-state index in [2.05, 4.69) is 4.40 Å². The van der Waals surface area contributed by atoms with E-state index in [0.29, 0.717) is 11.6 Å².